The first-order chi connectivity index (χ1) is 14.1. The molecule has 1 unspecified atom stereocenters. The maximum atomic E-state index is 12.7. The molecule has 1 N–H and O–H groups in total. The molecule has 0 radical (unpaired) electrons. The lowest BCUT2D eigenvalue weighted by molar-refractivity contribution is -0.120. The summed E-state index contributed by atoms with van der Waals surface area (Å²) < 4.78 is 7.43. The van der Waals surface area contributed by atoms with Gasteiger partial charge in [0.2, 0.25) is 5.91 Å². The van der Waals surface area contributed by atoms with Crippen molar-refractivity contribution in [2.45, 2.75) is 56.4 Å². The fourth-order valence-corrected chi connectivity index (χ4v) is 4.99. The highest BCUT2D eigenvalue weighted by Crippen LogP contribution is 2.30. The van der Waals surface area contributed by atoms with Gasteiger partial charge >= 0.3 is 0 Å². The Balaban J connectivity index is 1.55. The molecule has 2 aromatic heterocycles. The first-order valence-corrected chi connectivity index (χ1v) is 11.2. The van der Waals surface area contributed by atoms with Crippen molar-refractivity contribution in [3.8, 4) is 5.75 Å². The third-order valence-electron chi connectivity index (χ3n) is 5.82. The summed E-state index contributed by atoms with van der Waals surface area (Å²) in [4.78, 5) is 12.7. The first-order valence-electron chi connectivity index (χ1n) is 10.3. The fraction of sp³-hybridized carbons (Fsp3) is 0.500. The first kappa shape index (κ1) is 20.0. The van der Waals surface area contributed by atoms with Gasteiger partial charge in [0.1, 0.15) is 5.75 Å². The molecular formula is C22H28N4O2S. The van der Waals surface area contributed by atoms with Gasteiger partial charge in [0, 0.05) is 18.0 Å². The molecule has 1 amide bonds. The van der Waals surface area contributed by atoms with E-state index in [1.807, 2.05) is 29.5 Å². The van der Waals surface area contributed by atoms with E-state index >= 15 is 0 Å². The zero-order chi connectivity index (χ0) is 20.4. The summed E-state index contributed by atoms with van der Waals surface area (Å²) in [6.07, 6.45) is 6.35. The van der Waals surface area contributed by atoms with Crippen LogP contribution in [0.4, 0.5) is 0 Å². The number of ether oxygens (including phenoxy) is 1. The fourth-order valence-electron chi connectivity index (χ4n) is 4.10. The van der Waals surface area contributed by atoms with Gasteiger partial charge in [-0.2, -0.15) is 0 Å². The Labute approximate surface area is 175 Å². The Morgan fingerprint density at radius 3 is 2.83 bits per heavy atom. The standard InChI is InChI=1S/C22H28N4O2S/c1-14-11-20-24-25-22(26(20)19-12-17(28-3)9-10-18(14)19)29-15(2)21(27)23-13-16-7-5-4-6-8-16/h9-12,15-16H,4-8,13H2,1-3H3,(H,23,27). The number of fused-ring (bicyclic) bond motifs is 3. The SMILES string of the molecule is COc1ccc2c(C)cc3nnc(SC(C)C(=O)NCC4CCCCC4)n3c2c1. The minimum atomic E-state index is -0.243. The predicted octanol–water partition coefficient (Wildman–Crippen LogP) is 4.38. The number of aryl methyl sites for hydroxylation is 1. The van der Waals surface area contributed by atoms with Crippen molar-refractivity contribution in [2.75, 3.05) is 13.7 Å². The second-order valence-electron chi connectivity index (χ2n) is 7.90. The van der Waals surface area contributed by atoms with E-state index in [0.717, 1.165) is 39.6 Å². The monoisotopic (exact) mass is 412 g/mol. The van der Waals surface area contributed by atoms with Crippen LogP contribution < -0.4 is 10.1 Å². The average Bonchev–Trinajstić information content (AvgIpc) is 3.14. The highest BCUT2D eigenvalue weighted by molar-refractivity contribution is 8.00. The van der Waals surface area contributed by atoms with Gasteiger partial charge in [-0.05, 0) is 56.4 Å². The van der Waals surface area contributed by atoms with Crippen LogP contribution in [-0.2, 0) is 4.79 Å². The molecule has 1 saturated carbocycles. The van der Waals surface area contributed by atoms with Crippen molar-refractivity contribution in [2.24, 2.45) is 5.92 Å². The third-order valence-corrected chi connectivity index (χ3v) is 6.86. The maximum Gasteiger partial charge on any atom is 0.233 e. The van der Waals surface area contributed by atoms with Gasteiger partial charge in [0.25, 0.3) is 0 Å². The molecule has 1 atom stereocenters. The van der Waals surface area contributed by atoms with E-state index in [9.17, 15) is 4.79 Å². The van der Waals surface area contributed by atoms with Gasteiger partial charge in [-0.25, -0.2) is 0 Å². The molecule has 2 heterocycles. The minimum Gasteiger partial charge on any atom is -0.497 e. The van der Waals surface area contributed by atoms with Crippen molar-refractivity contribution in [3.05, 3.63) is 29.8 Å². The van der Waals surface area contributed by atoms with E-state index < -0.39 is 0 Å². The lowest BCUT2D eigenvalue weighted by Crippen LogP contribution is -2.35. The van der Waals surface area contributed by atoms with Crippen molar-refractivity contribution >= 4 is 34.2 Å². The minimum absolute atomic E-state index is 0.0614. The van der Waals surface area contributed by atoms with Crippen LogP contribution in [0.1, 0.15) is 44.6 Å². The highest BCUT2D eigenvalue weighted by Gasteiger charge is 2.21. The normalized spacial score (nSPS) is 16.2. The highest BCUT2D eigenvalue weighted by atomic mass is 32.2. The van der Waals surface area contributed by atoms with Crippen LogP contribution in [0.2, 0.25) is 0 Å². The Kier molecular flexibility index (Phi) is 5.94. The molecular weight excluding hydrogens is 384 g/mol. The lowest BCUT2D eigenvalue weighted by atomic mass is 9.89. The van der Waals surface area contributed by atoms with Crippen molar-refractivity contribution in [1.29, 1.82) is 0 Å². The number of hydrogen-bond acceptors (Lipinski definition) is 5. The van der Waals surface area contributed by atoms with Crippen molar-refractivity contribution in [1.82, 2.24) is 19.9 Å². The Bertz CT molecular complexity index is 1030. The number of thioether (sulfide) groups is 1. The van der Waals surface area contributed by atoms with E-state index in [1.165, 1.54) is 43.9 Å². The molecule has 154 valence electrons. The molecule has 29 heavy (non-hydrogen) atoms. The number of pyridine rings is 1. The lowest BCUT2D eigenvalue weighted by Gasteiger charge is -2.22. The number of amides is 1. The molecule has 4 rings (SSSR count). The average molecular weight is 413 g/mol. The van der Waals surface area contributed by atoms with Crippen LogP contribution in [0.3, 0.4) is 0 Å². The van der Waals surface area contributed by atoms with Gasteiger partial charge in [0.15, 0.2) is 10.8 Å². The maximum absolute atomic E-state index is 12.7. The number of hydrogen-bond donors (Lipinski definition) is 1. The third kappa shape index (κ3) is 4.20. The topological polar surface area (TPSA) is 68.5 Å². The van der Waals surface area contributed by atoms with E-state index in [2.05, 4.69) is 28.5 Å². The van der Waals surface area contributed by atoms with Crippen LogP contribution in [0.25, 0.3) is 16.6 Å². The summed E-state index contributed by atoms with van der Waals surface area (Å²) in [6.45, 7) is 4.78. The molecule has 1 aromatic carbocycles. The van der Waals surface area contributed by atoms with Crippen molar-refractivity contribution in [3.63, 3.8) is 0 Å². The molecule has 3 aromatic rings. The zero-order valence-corrected chi connectivity index (χ0v) is 18.1. The van der Waals surface area contributed by atoms with Crippen LogP contribution in [0, 0.1) is 12.8 Å². The number of carbonyl (C=O) groups excluding carboxylic acids is 1. The summed E-state index contributed by atoms with van der Waals surface area (Å²) >= 11 is 1.45. The van der Waals surface area contributed by atoms with Gasteiger partial charge < -0.3 is 10.1 Å². The number of nitrogens with one attached hydrogen (secondary N) is 1. The number of nitrogens with zero attached hydrogens (tertiary/aromatic N) is 3. The number of methoxy groups -OCH3 is 1. The summed E-state index contributed by atoms with van der Waals surface area (Å²) in [7, 11) is 1.66. The number of aromatic nitrogens is 3. The van der Waals surface area contributed by atoms with Crippen molar-refractivity contribution < 1.29 is 9.53 Å². The van der Waals surface area contributed by atoms with Gasteiger partial charge in [-0.15, -0.1) is 10.2 Å². The number of benzene rings is 1. The molecule has 0 bridgehead atoms. The molecule has 0 aliphatic heterocycles. The predicted molar refractivity (Wildman–Crippen MR) is 117 cm³/mol. The van der Waals surface area contributed by atoms with Crippen LogP contribution in [0.15, 0.2) is 29.4 Å². The number of rotatable bonds is 6. The van der Waals surface area contributed by atoms with E-state index in [0.29, 0.717) is 5.92 Å². The largest absolute Gasteiger partial charge is 0.497 e. The molecule has 1 fully saturated rings. The second-order valence-corrected chi connectivity index (χ2v) is 9.20. The summed E-state index contributed by atoms with van der Waals surface area (Å²) in [5.41, 5.74) is 2.90. The molecule has 0 saturated heterocycles. The molecule has 0 spiro atoms. The Morgan fingerprint density at radius 1 is 1.28 bits per heavy atom. The summed E-state index contributed by atoms with van der Waals surface area (Å²) in [5.74, 6) is 1.47. The molecule has 6 nitrogen and oxygen atoms in total. The molecule has 1 aliphatic carbocycles. The number of carbonyl (C=O) groups is 1. The van der Waals surface area contributed by atoms with E-state index in [1.54, 1.807) is 7.11 Å². The second kappa shape index (κ2) is 8.61. The van der Waals surface area contributed by atoms with Crippen LogP contribution >= 0.6 is 11.8 Å². The van der Waals surface area contributed by atoms with Crippen LogP contribution in [-0.4, -0.2) is 39.4 Å². The molecule has 1 aliphatic rings. The van der Waals surface area contributed by atoms with Crippen LogP contribution in [0.5, 0.6) is 5.75 Å². The Morgan fingerprint density at radius 2 is 2.07 bits per heavy atom. The van der Waals surface area contributed by atoms with Gasteiger partial charge in [-0.1, -0.05) is 31.0 Å². The van der Waals surface area contributed by atoms with Gasteiger partial charge in [0.05, 0.1) is 17.9 Å². The summed E-state index contributed by atoms with van der Waals surface area (Å²) in [5, 5.41) is 13.4. The van der Waals surface area contributed by atoms with E-state index in [4.69, 9.17) is 4.74 Å². The zero-order valence-electron chi connectivity index (χ0n) is 17.3. The van der Waals surface area contributed by atoms with Gasteiger partial charge in [-0.3, -0.25) is 9.20 Å². The summed E-state index contributed by atoms with van der Waals surface area (Å²) in [6, 6.07) is 8.04. The quantitative estimate of drug-likeness (QED) is 0.609. The molecule has 7 heteroatoms. The Hall–Kier alpha value is -2.28. The smallest absolute Gasteiger partial charge is 0.233 e. The van der Waals surface area contributed by atoms with E-state index in [-0.39, 0.29) is 11.2 Å².